The number of aliphatic imine (C=N–C) groups is 1. The quantitative estimate of drug-likeness (QED) is 0.411. The molecule has 6 heteroatoms. The van der Waals surface area contributed by atoms with Gasteiger partial charge in [-0.05, 0) is 44.1 Å². The molecule has 23 heavy (non-hydrogen) atoms. The first-order valence-electron chi connectivity index (χ1n) is 8.67. The summed E-state index contributed by atoms with van der Waals surface area (Å²) in [5.41, 5.74) is 1.20. The highest BCUT2D eigenvalue weighted by Gasteiger charge is 2.21. The monoisotopic (exact) mass is 433 g/mol. The van der Waals surface area contributed by atoms with Crippen LogP contribution in [-0.4, -0.2) is 35.4 Å². The molecule has 0 unspecified atom stereocenters. The van der Waals surface area contributed by atoms with Crippen LogP contribution in [0, 0.1) is 12.8 Å². The summed E-state index contributed by atoms with van der Waals surface area (Å²) in [7, 11) is 1.84. The standard InChI is InChI=1S/C17H31N5.HI/c1-4-5-15-6-8-16(9-7-15)21-17(18-3)19-10-11-22-13-14(2)12-20-22;/h12-13,15-16H,4-11H2,1-3H3,(H2,18,19,21);1H. The van der Waals surface area contributed by atoms with Crippen molar-refractivity contribution in [2.24, 2.45) is 10.9 Å². The Morgan fingerprint density at radius 1 is 1.35 bits per heavy atom. The summed E-state index contributed by atoms with van der Waals surface area (Å²) in [6, 6.07) is 0.575. The van der Waals surface area contributed by atoms with Crippen molar-refractivity contribution in [2.75, 3.05) is 13.6 Å². The first-order chi connectivity index (χ1) is 10.7. The van der Waals surface area contributed by atoms with Crippen molar-refractivity contribution in [2.45, 2.75) is 65.0 Å². The van der Waals surface area contributed by atoms with Crippen molar-refractivity contribution in [3.63, 3.8) is 0 Å². The van der Waals surface area contributed by atoms with E-state index in [-0.39, 0.29) is 24.0 Å². The third-order valence-electron chi connectivity index (χ3n) is 4.50. The largest absolute Gasteiger partial charge is 0.355 e. The smallest absolute Gasteiger partial charge is 0.191 e. The van der Waals surface area contributed by atoms with Crippen molar-refractivity contribution in [1.82, 2.24) is 20.4 Å². The number of hydrogen-bond donors (Lipinski definition) is 2. The van der Waals surface area contributed by atoms with Crippen molar-refractivity contribution in [3.05, 3.63) is 18.0 Å². The van der Waals surface area contributed by atoms with Crippen LogP contribution >= 0.6 is 24.0 Å². The molecule has 0 radical (unpaired) electrons. The number of halogens is 1. The van der Waals surface area contributed by atoms with E-state index in [2.05, 4.69) is 40.8 Å². The second-order valence-corrected chi connectivity index (χ2v) is 6.43. The number of aryl methyl sites for hydroxylation is 1. The normalized spacial score (nSPS) is 21.6. The summed E-state index contributed by atoms with van der Waals surface area (Å²) < 4.78 is 1.96. The molecule has 0 aliphatic heterocycles. The van der Waals surface area contributed by atoms with Crippen LogP contribution in [0.1, 0.15) is 51.0 Å². The third-order valence-corrected chi connectivity index (χ3v) is 4.50. The van der Waals surface area contributed by atoms with Crippen LogP contribution in [0.25, 0.3) is 0 Å². The second-order valence-electron chi connectivity index (χ2n) is 6.43. The van der Waals surface area contributed by atoms with Crippen LogP contribution in [0.2, 0.25) is 0 Å². The highest BCUT2D eigenvalue weighted by Crippen LogP contribution is 2.27. The number of aromatic nitrogens is 2. The Hall–Kier alpha value is -0.790. The minimum absolute atomic E-state index is 0. The first kappa shape index (κ1) is 20.3. The van der Waals surface area contributed by atoms with Gasteiger partial charge in [0.15, 0.2) is 5.96 Å². The van der Waals surface area contributed by atoms with Crippen LogP contribution in [0.15, 0.2) is 17.4 Å². The first-order valence-corrected chi connectivity index (χ1v) is 8.67. The van der Waals surface area contributed by atoms with Gasteiger partial charge in [-0.2, -0.15) is 5.10 Å². The Balaban J connectivity index is 0.00000264. The maximum atomic E-state index is 4.34. The summed E-state index contributed by atoms with van der Waals surface area (Å²) >= 11 is 0. The molecule has 2 rings (SSSR count). The molecule has 1 heterocycles. The van der Waals surface area contributed by atoms with Gasteiger partial charge >= 0.3 is 0 Å². The van der Waals surface area contributed by atoms with Gasteiger partial charge in [-0.1, -0.05) is 19.8 Å². The van der Waals surface area contributed by atoms with Gasteiger partial charge in [0.25, 0.3) is 0 Å². The predicted molar refractivity (Wildman–Crippen MR) is 108 cm³/mol. The lowest BCUT2D eigenvalue weighted by atomic mass is 9.83. The van der Waals surface area contributed by atoms with Crippen molar-refractivity contribution < 1.29 is 0 Å². The molecule has 1 aliphatic rings. The second kappa shape index (κ2) is 10.9. The molecule has 0 aromatic carbocycles. The van der Waals surface area contributed by atoms with Crippen LogP contribution in [0.4, 0.5) is 0 Å². The van der Waals surface area contributed by atoms with E-state index in [9.17, 15) is 0 Å². The van der Waals surface area contributed by atoms with Gasteiger partial charge in [0.05, 0.1) is 12.7 Å². The summed E-state index contributed by atoms with van der Waals surface area (Å²) in [5, 5.41) is 11.3. The molecule has 5 nitrogen and oxygen atoms in total. The molecular weight excluding hydrogens is 401 g/mol. The summed E-state index contributed by atoms with van der Waals surface area (Å²) in [6.45, 7) is 6.05. The van der Waals surface area contributed by atoms with E-state index < -0.39 is 0 Å². The van der Waals surface area contributed by atoms with E-state index in [1.807, 2.05) is 17.9 Å². The Kier molecular flexibility index (Phi) is 9.59. The van der Waals surface area contributed by atoms with Gasteiger partial charge in [0, 0.05) is 25.8 Å². The summed E-state index contributed by atoms with van der Waals surface area (Å²) in [4.78, 5) is 4.34. The third kappa shape index (κ3) is 7.10. The number of guanidine groups is 1. The number of nitrogens with zero attached hydrogens (tertiary/aromatic N) is 3. The van der Waals surface area contributed by atoms with E-state index in [1.54, 1.807) is 0 Å². The molecule has 1 aromatic rings. The zero-order valence-electron chi connectivity index (χ0n) is 14.7. The van der Waals surface area contributed by atoms with Crippen molar-refractivity contribution in [3.8, 4) is 0 Å². The lowest BCUT2D eigenvalue weighted by Crippen LogP contribution is -2.45. The number of nitrogens with one attached hydrogen (secondary N) is 2. The molecular formula is C17H32IN5. The predicted octanol–water partition coefficient (Wildman–Crippen LogP) is 3.33. The highest BCUT2D eigenvalue weighted by atomic mass is 127. The fourth-order valence-corrected chi connectivity index (χ4v) is 3.27. The van der Waals surface area contributed by atoms with Gasteiger partial charge in [-0.15, -0.1) is 24.0 Å². The maximum Gasteiger partial charge on any atom is 0.191 e. The minimum atomic E-state index is 0. The molecule has 0 bridgehead atoms. The Labute approximate surface area is 157 Å². The SMILES string of the molecule is CCCC1CCC(NC(=NC)NCCn2cc(C)cn2)CC1.I. The van der Waals surface area contributed by atoms with E-state index in [1.165, 1.54) is 44.1 Å². The lowest BCUT2D eigenvalue weighted by Gasteiger charge is -2.30. The summed E-state index contributed by atoms with van der Waals surface area (Å²) in [6.07, 6.45) is 11.9. The van der Waals surface area contributed by atoms with Gasteiger partial charge in [0.2, 0.25) is 0 Å². The number of hydrogen-bond acceptors (Lipinski definition) is 2. The molecule has 0 spiro atoms. The molecule has 1 aliphatic carbocycles. The lowest BCUT2D eigenvalue weighted by molar-refractivity contribution is 0.295. The van der Waals surface area contributed by atoms with Crippen LogP contribution in [0.3, 0.4) is 0 Å². The van der Waals surface area contributed by atoms with Crippen LogP contribution in [-0.2, 0) is 6.54 Å². The molecule has 2 N–H and O–H groups in total. The average molecular weight is 433 g/mol. The van der Waals surface area contributed by atoms with E-state index >= 15 is 0 Å². The topological polar surface area (TPSA) is 54.2 Å². The summed E-state index contributed by atoms with van der Waals surface area (Å²) in [5.74, 6) is 1.86. The highest BCUT2D eigenvalue weighted by molar-refractivity contribution is 14.0. The molecule has 132 valence electrons. The average Bonchev–Trinajstić information content (AvgIpc) is 2.94. The molecule has 0 atom stereocenters. The van der Waals surface area contributed by atoms with Gasteiger partial charge in [0.1, 0.15) is 0 Å². The molecule has 0 amide bonds. The van der Waals surface area contributed by atoms with Gasteiger partial charge in [-0.3, -0.25) is 9.67 Å². The Morgan fingerprint density at radius 3 is 2.65 bits per heavy atom. The Bertz CT molecular complexity index is 463. The van der Waals surface area contributed by atoms with Crippen LogP contribution < -0.4 is 10.6 Å². The van der Waals surface area contributed by atoms with Crippen LogP contribution in [0.5, 0.6) is 0 Å². The fraction of sp³-hybridized carbons (Fsp3) is 0.765. The van der Waals surface area contributed by atoms with Gasteiger partial charge in [-0.25, -0.2) is 0 Å². The number of rotatable bonds is 6. The molecule has 1 aromatic heterocycles. The molecule has 1 saturated carbocycles. The molecule has 1 fully saturated rings. The van der Waals surface area contributed by atoms with E-state index in [0.29, 0.717) is 6.04 Å². The van der Waals surface area contributed by atoms with Crippen molar-refractivity contribution in [1.29, 1.82) is 0 Å². The van der Waals surface area contributed by atoms with E-state index in [4.69, 9.17) is 0 Å². The zero-order chi connectivity index (χ0) is 15.8. The minimum Gasteiger partial charge on any atom is -0.355 e. The van der Waals surface area contributed by atoms with Gasteiger partial charge < -0.3 is 10.6 Å². The molecule has 0 saturated heterocycles. The fourth-order valence-electron chi connectivity index (χ4n) is 3.27. The Morgan fingerprint density at radius 2 is 2.09 bits per heavy atom. The van der Waals surface area contributed by atoms with Crippen molar-refractivity contribution >= 4 is 29.9 Å². The zero-order valence-corrected chi connectivity index (χ0v) is 17.0. The maximum absolute atomic E-state index is 4.34. The van der Waals surface area contributed by atoms with E-state index in [0.717, 1.165) is 25.0 Å².